The third kappa shape index (κ3) is 2.89. The average molecular weight is 403 g/mol. The molecule has 0 atom stereocenters. The topological polar surface area (TPSA) is 74.3 Å². The Morgan fingerprint density at radius 3 is 2.66 bits per heavy atom. The Hall–Kier alpha value is -3.52. The summed E-state index contributed by atoms with van der Waals surface area (Å²) < 4.78 is 8.87. The van der Waals surface area contributed by atoms with Gasteiger partial charge in [0.2, 0.25) is 0 Å². The van der Waals surface area contributed by atoms with Crippen LogP contribution in [0.25, 0.3) is 32.9 Å². The highest BCUT2D eigenvalue weighted by Crippen LogP contribution is 2.33. The molecule has 4 aromatic heterocycles. The second-order valence-electron chi connectivity index (χ2n) is 6.54. The van der Waals surface area contributed by atoms with Crippen molar-refractivity contribution in [3.05, 3.63) is 65.6 Å². The molecule has 144 valence electrons. The third-order valence-corrected chi connectivity index (χ3v) is 5.94. The van der Waals surface area contributed by atoms with Crippen LogP contribution in [0.2, 0.25) is 0 Å². The van der Waals surface area contributed by atoms with Crippen LogP contribution in [0.4, 0.5) is 0 Å². The first-order valence-electron chi connectivity index (χ1n) is 9.21. The highest BCUT2D eigenvalue weighted by atomic mass is 32.1. The number of nitrogens with zero attached hydrogens (tertiary/aromatic N) is 5. The average Bonchev–Trinajstić information content (AvgIpc) is 3.46. The molecule has 29 heavy (non-hydrogen) atoms. The second kappa shape index (κ2) is 6.82. The van der Waals surface area contributed by atoms with Gasteiger partial charge in [-0.3, -0.25) is 0 Å². The summed E-state index contributed by atoms with van der Waals surface area (Å²) in [5.74, 6) is 0.285. The fourth-order valence-electron chi connectivity index (χ4n) is 3.34. The van der Waals surface area contributed by atoms with Gasteiger partial charge in [-0.15, -0.1) is 16.4 Å². The Morgan fingerprint density at radius 2 is 1.93 bits per heavy atom. The summed E-state index contributed by atoms with van der Waals surface area (Å²) >= 11 is 1.32. The van der Waals surface area contributed by atoms with E-state index in [2.05, 4.69) is 10.1 Å². The van der Waals surface area contributed by atoms with Crippen LogP contribution in [0.1, 0.15) is 22.2 Å². The number of aromatic nitrogens is 5. The SMILES string of the molecule is CCOC(=O)c1sc2ncn3nc(-c4ccc(-n5cccc5)cc4)nc3c2c1C. The van der Waals surface area contributed by atoms with Crippen molar-refractivity contribution in [2.24, 2.45) is 0 Å². The number of carbonyl (C=O) groups excluding carboxylic acids is 1. The molecule has 5 rings (SSSR count). The fraction of sp³-hybridized carbons (Fsp3) is 0.143. The smallest absolute Gasteiger partial charge is 0.348 e. The lowest BCUT2D eigenvalue weighted by Gasteiger charge is -2.03. The molecule has 0 radical (unpaired) electrons. The van der Waals surface area contributed by atoms with Gasteiger partial charge in [-0.05, 0) is 55.8 Å². The lowest BCUT2D eigenvalue weighted by atomic mass is 10.2. The van der Waals surface area contributed by atoms with E-state index in [0.29, 0.717) is 23.0 Å². The van der Waals surface area contributed by atoms with E-state index in [-0.39, 0.29) is 5.97 Å². The Morgan fingerprint density at radius 1 is 1.17 bits per heavy atom. The van der Waals surface area contributed by atoms with E-state index < -0.39 is 0 Å². The van der Waals surface area contributed by atoms with Crippen LogP contribution >= 0.6 is 11.3 Å². The molecule has 7 nitrogen and oxygen atoms in total. The Bertz CT molecular complexity index is 1330. The van der Waals surface area contributed by atoms with E-state index in [1.165, 1.54) is 11.3 Å². The van der Waals surface area contributed by atoms with Crippen molar-refractivity contribution in [1.82, 2.24) is 24.1 Å². The number of fused-ring (bicyclic) bond motifs is 3. The van der Waals surface area contributed by atoms with Gasteiger partial charge in [0.1, 0.15) is 16.0 Å². The maximum atomic E-state index is 12.2. The predicted molar refractivity (Wildman–Crippen MR) is 112 cm³/mol. The summed E-state index contributed by atoms with van der Waals surface area (Å²) in [5.41, 5.74) is 3.49. The second-order valence-corrected chi connectivity index (χ2v) is 7.54. The molecule has 5 aromatic rings. The summed E-state index contributed by atoms with van der Waals surface area (Å²) in [6, 6.07) is 12.0. The molecule has 0 fully saturated rings. The zero-order chi connectivity index (χ0) is 20.0. The maximum Gasteiger partial charge on any atom is 0.348 e. The Balaban J connectivity index is 1.60. The van der Waals surface area contributed by atoms with E-state index >= 15 is 0 Å². The van der Waals surface area contributed by atoms with E-state index in [0.717, 1.165) is 27.0 Å². The molecule has 0 aliphatic rings. The number of benzene rings is 1. The monoisotopic (exact) mass is 403 g/mol. The van der Waals surface area contributed by atoms with Crippen molar-refractivity contribution in [2.75, 3.05) is 6.61 Å². The van der Waals surface area contributed by atoms with Crippen molar-refractivity contribution < 1.29 is 9.53 Å². The van der Waals surface area contributed by atoms with Gasteiger partial charge in [0.05, 0.1) is 12.0 Å². The lowest BCUT2D eigenvalue weighted by Crippen LogP contribution is -2.03. The third-order valence-electron chi connectivity index (χ3n) is 4.76. The Labute approximate surface area is 170 Å². The molecule has 0 bridgehead atoms. The van der Waals surface area contributed by atoms with Crippen LogP contribution in [-0.2, 0) is 4.74 Å². The Kier molecular flexibility index (Phi) is 4.13. The number of hydrogen-bond acceptors (Lipinski definition) is 6. The summed E-state index contributed by atoms with van der Waals surface area (Å²) in [5, 5.41) is 5.42. The molecule has 0 N–H and O–H groups in total. The summed E-state index contributed by atoms with van der Waals surface area (Å²) in [6.45, 7) is 4.03. The first kappa shape index (κ1) is 17.6. The van der Waals surface area contributed by atoms with E-state index in [9.17, 15) is 4.79 Å². The van der Waals surface area contributed by atoms with Crippen molar-refractivity contribution in [3.63, 3.8) is 0 Å². The number of rotatable bonds is 4. The molecule has 0 spiro atoms. The number of ether oxygens (including phenoxy) is 1. The summed E-state index contributed by atoms with van der Waals surface area (Å²) in [4.78, 5) is 22.7. The van der Waals surface area contributed by atoms with Gasteiger partial charge >= 0.3 is 5.97 Å². The van der Waals surface area contributed by atoms with E-state index in [1.807, 2.05) is 60.3 Å². The highest BCUT2D eigenvalue weighted by Gasteiger charge is 2.21. The van der Waals surface area contributed by atoms with Gasteiger partial charge < -0.3 is 9.30 Å². The van der Waals surface area contributed by atoms with Crippen LogP contribution in [0.3, 0.4) is 0 Å². The molecule has 0 saturated heterocycles. The minimum absolute atomic E-state index is 0.327. The van der Waals surface area contributed by atoms with Crippen LogP contribution in [0.5, 0.6) is 0 Å². The van der Waals surface area contributed by atoms with Crippen molar-refractivity contribution in [3.8, 4) is 17.1 Å². The van der Waals surface area contributed by atoms with Crippen LogP contribution in [0.15, 0.2) is 55.1 Å². The van der Waals surface area contributed by atoms with Gasteiger partial charge in [0, 0.05) is 23.6 Å². The first-order chi connectivity index (χ1) is 14.2. The number of hydrogen-bond donors (Lipinski definition) is 0. The standard InChI is InChI=1S/C21H17N5O2S/c1-3-28-21(27)17-13(2)16-19-23-18(24-26(19)12-22-20(16)29-17)14-6-8-15(9-7-14)25-10-4-5-11-25/h4-12H,3H2,1-2H3. The zero-order valence-corrected chi connectivity index (χ0v) is 16.7. The van der Waals surface area contributed by atoms with E-state index in [4.69, 9.17) is 9.72 Å². The maximum absolute atomic E-state index is 12.2. The fourth-order valence-corrected chi connectivity index (χ4v) is 4.37. The normalized spacial score (nSPS) is 11.4. The van der Waals surface area contributed by atoms with Crippen LogP contribution in [0, 0.1) is 6.92 Å². The van der Waals surface area contributed by atoms with E-state index in [1.54, 1.807) is 17.8 Å². The lowest BCUT2D eigenvalue weighted by molar-refractivity contribution is 0.0531. The predicted octanol–water partition coefficient (Wildman–Crippen LogP) is 4.28. The molecule has 4 heterocycles. The number of thiophene rings is 1. The number of esters is 1. The highest BCUT2D eigenvalue weighted by molar-refractivity contribution is 7.20. The first-order valence-corrected chi connectivity index (χ1v) is 10.0. The number of aryl methyl sites for hydroxylation is 1. The minimum Gasteiger partial charge on any atom is -0.462 e. The molecular formula is C21H17N5O2S. The quantitative estimate of drug-likeness (QED) is 0.419. The molecule has 0 aliphatic heterocycles. The van der Waals surface area contributed by atoms with Gasteiger partial charge in [-0.2, -0.15) is 0 Å². The zero-order valence-electron chi connectivity index (χ0n) is 15.9. The number of carbonyl (C=O) groups is 1. The molecule has 8 heteroatoms. The minimum atomic E-state index is -0.327. The van der Waals surface area contributed by atoms with Gasteiger partial charge in [-0.1, -0.05) is 0 Å². The van der Waals surface area contributed by atoms with Gasteiger partial charge in [0.15, 0.2) is 11.5 Å². The molecule has 1 aromatic carbocycles. The van der Waals surface area contributed by atoms with Gasteiger partial charge in [0.25, 0.3) is 0 Å². The van der Waals surface area contributed by atoms with Crippen LogP contribution in [-0.4, -0.2) is 36.7 Å². The molecule has 0 saturated carbocycles. The van der Waals surface area contributed by atoms with Crippen molar-refractivity contribution >= 4 is 33.2 Å². The molecule has 0 unspecified atom stereocenters. The van der Waals surface area contributed by atoms with Crippen molar-refractivity contribution in [1.29, 1.82) is 0 Å². The molecule has 0 amide bonds. The summed E-state index contributed by atoms with van der Waals surface area (Å²) in [6.07, 6.45) is 5.63. The molecule has 0 aliphatic carbocycles. The van der Waals surface area contributed by atoms with Crippen LogP contribution < -0.4 is 0 Å². The van der Waals surface area contributed by atoms with Crippen molar-refractivity contribution in [2.45, 2.75) is 13.8 Å². The molecular weight excluding hydrogens is 386 g/mol. The summed E-state index contributed by atoms with van der Waals surface area (Å²) in [7, 11) is 0. The van der Waals surface area contributed by atoms with Gasteiger partial charge in [-0.25, -0.2) is 19.3 Å². The largest absolute Gasteiger partial charge is 0.462 e.